The largest absolute Gasteiger partial charge is 0.493 e. The number of Topliss-reactive ketones (excluding diaryl/α,β-unsaturated/α-hetero) is 1. The number of ketones is 1. The number of piperazine rings is 1. The Morgan fingerprint density at radius 3 is 2.25 bits per heavy atom. The lowest BCUT2D eigenvalue weighted by Gasteiger charge is -2.34. The number of nitrogens with zero attached hydrogens (tertiary/aromatic N) is 2. The van der Waals surface area contributed by atoms with Crippen molar-refractivity contribution in [1.29, 1.82) is 0 Å². The molecule has 3 rings (SSSR count). The van der Waals surface area contributed by atoms with Crippen molar-refractivity contribution in [2.75, 3.05) is 39.9 Å². The summed E-state index contributed by atoms with van der Waals surface area (Å²) >= 11 is 0. The Hall–Kier alpha value is -3.05. The molecule has 1 amide bonds. The Balaban J connectivity index is 1.59. The van der Waals surface area contributed by atoms with Crippen LogP contribution in [0.4, 0.5) is 8.78 Å². The molecule has 0 bridgehead atoms. The van der Waals surface area contributed by atoms with Crippen molar-refractivity contribution < 1.29 is 36.3 Å². The zero-order valence-corrected chi connectivity index (χ0v) is 18.3. The van der Waals surface area contributed by atoms with Crippen molar-refractivity contribution in [3.8, 4) is 11.5 Å². The number of carbonyl (C=O) groups is 2. The van der Waals surface area contributed by atoms with E-state index in [1.54, 1.807) is 6.07 Å². The molecule has 0 aromatic heterocycles. The fraction of sp³-hybridized carbons (Fsp3) is 0.333. The van der Waals surface area contributed by atoms with Gasteiger partial charge in [0, 0.05) is 31.7 Å². The van der Waals surface area contributed by atoms with Gasteiger partial charge >= 0.3 is 0 Å². The summed E-state index contributed by atoms with van der Waals surface area (Å²) < 4.78 is 63.7. The average molecular weight is 468 g/mol. The van der Waals surface area contributed by atoms with Crippen LogP contribution in [-0.4, -0.2) is 69.2 Å². The molecule has 11 heteroatoms. The molecule has 8 nitrogen and oxygen atoms in total. The molecule has 0 atom stereocenters. The molecule has 32 heavy (non-hydrogen) atoms. The number of rotatable bonds is 7. The van der Waals surface area contributed by atoms with Gasteiger partial charge in [0.05, 0.1) is 12.0 Å². The third kappa shape index (κ3) is 5.05. The van der Waals surface area contributed by atoms with E-state index in [0.717, 1.165) is 16.4 Å². The molecule has 1 fully saturated rings. The van der Waals surface area contributed by atoms with E-state index < -0.39 is 21.7 Å². The molecular weight excluding hydrogens is 446 g/mol. The summed E-state index contributed by atoms with van der Waals surface area (Å²) in [7, 11) is -2.60. The maximum absolute atomic E-state index is 13.4. The average Bonchev–Trinajstić information content (AvgIpc) is 2.79. The quantitative estimate of drug-likeness (QED) is 0.578. The normalized spacial score (nSPS) is 14.8. The van der Waals surface area contributed by atoms with E-state index in [2.05, 4.69) is 0 Å². The zero-order chi connectivity index (χ0) is 23.5. The SMILES string of the molecule is COc1cc(C(C)=O)ccc1OCC(=O)N1CCN(S(=O)(=O)c2ccc(F)c(F)c2)CC1. The van der Waals surface area contributed by atoms with Gasteiger partial charge in [-0.25, -0.2) is 17.2 Å². The maximum atomic E-state index is 13.4. The van der Waals surface area contributed by atoms with Gasteiger partial charge in [-0.1, -0.05) is 0 Å². The molecule has 1 saturated heterocycles. The molecule has 172 valence electrons. The smallest absolute Gasteiger partial charge is 0.260 e. The van der Waals surface area contributed by atoms with E-state index >= 15 is 0 Å². The second-order valence-electron chi connectivity index (χ2n) is 7.07. The Morgan fingerprint density at radius 1 is 0.969 bits per heavy atom. The van der Waals surface area contributed by atoms with Crippen LogP contribution in [0.2, 0.25) is 0 Å². The lowest BCUT2D eigenvalue weighted by molar-refractivity contribution is -0.134. The minimum absolute atomic E-state index is 0.00367. The molecule has 0 radical (unpaired) electrons. The number of halogens is 2. The minimum Gasteiger partial charge on any atom is -0.493 e. The number of benzene rings is 2. The highest BCUT2D eigenvalue weighted by Crippen LogP contribution is 2.28. The summed E-state index contributed by atoms with van der Waals surface area (Å²) in [5.41, 5.74) is 0.443. The van der Waals surface area contributed by atoms with E-state index in [9.17, 15) is 26.8 Å². The van der Waals surface area contributed by atoms with Crippen LogP contribution in [0, 0.1) is 11.6 Å². The molecule has 0 saturated carbocycles. The van der Waals surface area contributed by atoms with Gasteiger partial charge in [-0.15, -0.1) is 0 Å². The summed E-state index contributed by atoms with van der Waals surface area (Å²) in [5, 5.41) is 0. The van der Waals surface area contributed by atoms with Gasteiger partial charge in [0.25, 0.3) is 5.91 Å². The first kappa shape index (κ1) is 23.6. The monoisotopic (exact) mass is 468 g/mol. The molecule has 2 aromatic carbocycles. The second-order valence-corrected chi connectivity index (χ2v) is 9.01. The van der Waals surface area contributed by atoms with Crippen molar-refractivity contribution in [2.45, 2.75) is 11.8 Å². The standard InChI is InChI=1S/C21H22F2N2O6S/c1-14(26)15-3-6-19(20(11-15)30-2)31-13-21(27)24-7-9-25(10-8-24)32(28,29)16-4-5-17(22)18(23)12-16/h3-6,11-12H,7-10,13H2,1-2H3. The molecule has 0 spiro atoms. The summed E-state index contributed by atoms with van der Waals surface area (Å²) in [6, 6.07) is 7.02. The predicted octanol–water partition coefficient (Wildman–Crippen LogP) is 2.09. The summed E-state index contributed by atoms with van der Waals surface area (Å²) in [4.78, 5) is 25.1. The van der Waals surface area contributed by atoms with Crippen LogP contribution in [-0.2, 0) is 14.8 Å². The van der Waals surface area contributed by atoms with Gasteiger partial charge in [0.2, 0.25) is 10.0 Å². The highest BCUT2D eigenvalue weighted by Gasteiger charge is 2.31. The first-order valence-electron chi connectivity index (χ1n) is 9.68. The van der Waals surface area contributed by atoms with Crippen LogP contribution < -0.4 is 9.47 Å². The Morgan fingerprint density at radius 2 is 1.66 bits per heavy atom. The van der Waals surface area contributed by atoms with Crippen LogP contribution in [0.5, 0.6) is 11.5 Å². The topological polar surface area (TPSA) is 93.2 Å². The van der Waals surface area contributed by atoms with Gasteiger partial charge in [0.1, 0.15) is 0 Å². The van der Waals surface area contributed by atoms with Crippen molar-refractivity contribution in [3.05, 3.63) is 53.6 Å². The molecule has 0 N–H and O–H groups in total. The number of ether oxygens (including phenoxy) is 2. The lowest BCUT2D eigenvalue weighted by Crippen LogP contribution is -2.51. The highest BCUT2D eigenvalue weighted by atomic mass is 32.2. The van der Waals surface area contributed by atoms with Gasteiger partial charge < -0.3 is 14.4 Å². The summed E-state index contributed by atoms with van der Waals surface area (Å²) in [5.74, 6) is -2.26. The van der Waals surface area contributed by atoms with Crippen molar-refractivity contribution >= 4 is 21.7 Å². The van der Waals surface area contributed by atoms with Crippen LogP contribution in [0.1, 0.15) is 17.3 Å². The van der Waals surface area contributed by atoms with E-state index in [1.807, 2.05) is 0 Å². The third-order valence-corrected chi connectivity index (χ3v) is 6.94. The summed E-state index contributed by atoms with van der Waals surface area (Å²) in [6.45, 7) is 1.36. The zero-order valence-electron chi connectivity index (χ0n) is 17.5. The number of hydrogen-bond donors (Lipinski definition) is 0. The second kappa shape index (κ2) is 9.61. The van der Waals surface area contributed by atoms with E-state index in [0.29, 0.717) is 23.1 Å². The molecule has 1 heterocycles. The molecule has 1 aliphatic rings. The third-order valence-electron chi connectivity index (χ3n) is 5.04. The molecule has 2 aromatic rings. The van der Waals surface area contributed by atoms with Crippen molar-refractivity contribution in [2.24, 2.45) is 0 Å². The lowest BCUT2D eigenvalue weighted by atomic mass is 10.1. The fourth-order valence-electron chi connectivity index (χ4n) is 3.20. The van der Waals surface area contributed by atoms with Gasteiger partial charge in [-0.2, -0.15) is 4.31 Å². The fourth-order valence-corrected chi connectivity index (χ4v) is 4.64. The van der Waals surface area contributed by atoms with E-state index in [4.69, 9.17) is 9.47 Å². The number of methoxy groups -OCH3 is 1. The first-order valence-corrected chi connectivity index (χ1v) is 11.1. The first-order chi connectivity index (χ1) is 15.1. The summed E-state index contributed by atoms with van der Waals surface area (Å²) in [6.07, 6.45) is 0. The Kier molecular flexibility index (Phi) is 7.09. The van der Waals surface area contributed by atoms with E-state index in [-0.39, 0.29) is 49.4 Å². The Labute approximate surface area is 184 Å². The molecular formula is C21H22F2N2O6S. The number of amides is 1. The van der Waals surface area contributed by atoms with Crippen LogP contribution in [0.15, 0.2) is 41.3 Å². The van der Waals surface area contributed by atoms with Crippen LogP contribution in [0.3, 0.4) is 0 Å². The van der Waals surface area contributed by atoms with Gasteiger partial charge in [0.15, 0.2) is 35.5 Å². The minimum atomic E-state index is -4.01. The van der Waals surface area contributed by atoms with Crippen LogP contribution in [0.25, 0.3) is 0 Å². The van der Waals surface area contributed by atoms with Gasteiger partial charge in [-0.3, -0.25) is 9.59 Å². The molecule has 0 unspecified atom stereocenters. The number of sulfonamides is 1. The molecule has 0 aliphatic carbocycles. The van der Waals surface area contributed by atoms with E-state index in [1.165, 1.54) is 31.1 Å². The Bertz CT molecular complexity index is 1130. The number of carbonyl (C=O) groups excluding carboxylic acids is 2. The molecule has 1 aliphatic heterocycles. The highest BCUT2D eigenvalue weighted by molar-refractivity contribution is 7.89. The number of hydrogen-bond acceptors (Lipinski definition) is 6. The maximum Gasteiger partial charge on any atom is 0.260 e. The predicted molar refractivity (Wildman–Crippen MR) is 110 cm³/mol. The van der Waals surface area contributed by atoms with Crippen molar-refractivity contribution in [3.63, 3.8) is 0 Å². The van der Waals surface area contributed by atoms with Crippen LogP contribution >= 0.6 is 0 Å². The van der Waals surface area contributed by atoms with Crippen molar-refractivity contribution in [1.82, 2.24) is 9.21 Å². The van der Waals surface area contributed by atoms with Gasteiger partial charge in [-0.05, 0) is 43.3 Å².